The molecule has 1 aromatic carbocycles. The Balaban J connectivity index is 1.28. The van der Waals surface area contributed by atoms with Crippen LogP contribution in [-0.4, -0.2) is 46.3 Å². The zero-order chi connectivity index (χ0) is 21.2. The first-order valence-electron chi connectivity index (χ1n) is 10.1. The van der Waals surface area contributed by atoms with Crippen LogP contribution in [0.15, 0.2) is 61.1 Å². The van der Waals surface area contributed by atoms with Gasteiger partial charge in [-0.25, -0.2) is 4.39 Å². The Bertz CT molecular complexity index is 1080. The highest BCUT2D eigenvalue weighted by molar-refractivity contribution is 5.95. The Kier molecular flexibility index (Phi) is 5.21. The molecule has 2 aromatic heterocycles. The van der Waals surface area contributed by atoms with E-state index in [4.69, 9.17) is 9.47 Å². The van der Waals surface area contributed by atoms with Crippen molar-refractivity contribution in [2.45, 2.75) is 25.2 Å². The summed E-state index contributed by atoms with van der Waals surface area (Å²) in [6.45, 7) is 0.619. The molecule has 1 amide bonds. The fraction of sp³-hybridized carbons (Fsp3) is 0.261. The molecule has 4 heterocycles. The van der Waals surface area contributed by atoms with Crippen molar-refractivity contribution in [1.82, 2.24) is 14.9 Å². The molecule has 7 nitrogen and oxygen atoms in total. The molecule has 1 fully saturated rings. The highest BCUT2D eigenvalue weighted by atomic mass is 19.1. The molecular weight excluding hydrogens is 399 g/mol. The average Bonchev–Trinajstić information content (AvgIpc) is 3.42. The number of pyridine rings is 2. The van der Waals surface area contributed by atoms with Crippen LogP contribution in [0.4, 0.5) is 10.1 Å². The topological polar surface area (TPSA) is 76.6 Å². The first-order chi connectivity index (χ1) is 15.2. The van der Waals surface area contributed by atoms with Crippen LogP contribution in [0.1, 0.15) is 12.1 Å². The van der Waals surface area contributed by atoms with Crippen LogP contribution < -0.4 is 14.8 Å². The van der Waals surface area contributed by atoms with E-state index in [1.54, 1.807) is 29.6 Å². The second-order valence-corrected chi connectivity index (χ2v) is 7.58. The summed E-state index contributed by atoms with van der Waals surface area (Å²) < 4.78 is 25.1. The predicted octanol–water partition coefficient (Wildman–Crippen LogP) is 3.42. The molecule has 1 saturated heterocycles. The van der Waals surface area contributed by atoms with Crippen LogP contribution in [0.5, 0.6) is 11.5 Å². The number of likely N-dealkylation sites (tertiary alicyclic amines) is 1. The quantitative estimate of drug-likeness (QED) is 0.682. The van der Waals surface area contributed by atoms with Gasteiger partial charge in [0.15, 0.2) is 11.5 Å². The number of aromatic nitrogens is 2. The summed E-state index contributed by atoms with van der Waals surface area (Å²) >= 11 is 0. The minimum absolute atomic E-state index is 0.138. The zero-order valence-electron chi connectivity index (χ0n) is 16.7. The van der Waals surface area contributed by atoms with E-state index in [-0.39, 0.29) is 25.7 Å². The summed E-state index contributed by atoms with van der Waals surface area (Å²) in [5.41, 5.74) is 3.30. The Morgan fingerprint density at radius 3 is 2.81 bits per heavy atom. The van der Waals surface area contributed by atoms with Gasteiger partial charge in [-0.1, -0.05) is 18.2 Å². The number of ether oxygens (including phenoxy) is 2. The number of fused-ring (bicyclic) bond motifs is 1. The number of benzene rings is 1. The number of halogens is 1. The number of hydrogen-bond donors (Lipinski definition) is 1. The second-order valence-electron chi connectivity index (χ2n) is 7.58. The smallest absolute Gasteiger partial charge is 0.241 e. The van der Waals surface area contributed by atoms with Crippen LogP contribution in [-0.2, 0) is 11.3 Å². The van der Waals surface area contributed by atoms with E-state index in [2.05, 4.69) is 15.3 Å². The van der Waals surface area contributed by atoms with E-state index in [9.17, 15) is 9.18 Å². The molecule has 2 aliphatic heterocycles. The Hall–Kier alpha value is -3.52. The molecule has 0 saturated carbocycles. The predicted molar refractivity (Wildman–Crippen MR) is 112 cm³/mol. The highest BCUT2D eigenvalue weighted by Crippen LogP contribution is 2.36. The third-order valence-electron chi connectivity index (χ3n) is 5.52. The number of nitrogens with one attached hydrogen (secondary N) is 1. The van der Waals surface area contributed by atoms with Gasteiger partial charge in [0.2, 0.25) is 12.7 Å². The minimum Gasteiger partial charge on any atom is -0.453 e. The van der Waals surface area contributed by atoms with Gasteiger partial charge in [-0.15, -0.1) is 0 Å². The summed E-state index contributed by atoms with van der Waals surface area (Å²) in [4.78, 5) is 23.2. The maximum atomic E-state index is 14.2. The van der Waals surface area contributed by atoms with Gasteiger partial charge < -0.3 is 14.8 Å². The summed E-state index contributed by atoms with van der Waals surface area (Å²) in [5, 5.41) is 2.91. The first kappa shape index (κ1) is 19.4. The number of anilines is 1. The number of nitrogens with zero attached hydrogens (tertiary/aromatic N) is 3. The molecule has 2 aliphatic rings. The molecule has 158 valence electrons. The molecule has 2 atom stereocenters. The van der Waals surface area contributed by atoms with Crippen molar-refractivity contribution in [2.24, 2.45) is 0 Å². The van der Waals surface area contributed by atoms with Gasteiger partial charge in [-0.05, 0) is 29.3 Å². The van der Waals surface area contributed by atoms with Gasteiger partial charge in [0.05, 0.1) is 6.04 Å². The number of alkyl halides is 1. The van der Waals surface area contributed by atoms with Crippen molar-refractivity contribution >= 4 is 11.6 Å². The molecule has 0 unspecified atom stereocenters. The van der Waals surface area contributed by atoms with Crippen LogP contribution in [0, 0.1) is 0 Å². The maximum absolute atomic E-state index is 14.2. The molecule has 31 heavy (non-hydrogen) atoms. The number of amides is 1. The Morgan fingerprint density at radius 2 is 2.00 bits per heavy atom. The van der Waals surface area contributed by atoms with Gasteiger partial charge in [0, 0.05) is 49.9 Å². The lowest BCUT2D eigenvalue weighted by Gasteiger charge is -2.23. The van der Waals surface area contributed by atoms with Crippen molar-refractivity contribution in [3.8, 4) is 22.6 Å². The Morgan fingerprint density at radius 1 is 1.13 bits per heavy atom. The molecular formula is C23H21FN4O3. The molecule has 8 heteroatoms. The van der Waals surface area contributed by atoms with Gasteiger partial charge in [-0.2, -0.15) is 0 Å². The number of rotatable bonds is 5. The lowest BCUT2D eigenvalue weighted by atomic mass is 10.1. The van der Waals surface area contributed by atoms with Crippen molar-refractivity contribution < 1.29 is 18.7 Å². The molecule has 0 aliphatic carbocycles. The molecule has 5 rings (SSSR count). The summed E-state index contributed by atoms with van der Waals surface area (Å²) in [6, 6.07) is 12.5. The third-order valence-corrected chi connectivity index (χ3v) is 5.52. The van der Waals surface area contributed by atoms with Crippen molar-refractivity contribution in [3.63, 3.8) is 0 Å². The molecule has 0 radical (unpaired) electrons. The summed E-state index contributed by atoms with van der Waals surface area (Å²) in [5.74, 6) is 0.949. The molecule has 3 aromatic rings. The van der Waals surface area contributed by atoms with Gasteiger partial charge in [0.25, 0.3) is 0 Å². The molecule has 0 spiro atoms. The van der Waals surface area contributed by atoms with E-state index in [1.165, 1.54) is 0 Å². The number of carbonyl (C=O) groups is 1. The van der Waals surface area contributed by atoms with Crippen LogP contribution >= 0.6 is 0 Å². The number of carbonyl (C=O) groups excluding carboxylic acids is 1. The monoisotopic (exact) mass is 420 g/mol. The standard InChI is InChI=1S/C23H21FN4O3/c24-17-10-20(28(12-17)13-19-22-21(7-9-26-19)30-14-31-22)23(29)27-18-5-3-15(4-6-18)16-2-1-8-25-11-16/h1-9,11,17,20H,10,12-14H2,(H,27,29)/t17-,20+/m0/s1. The van der Waals surface area contributed by atoms with Crippen LogP contribution in [0.3, 0.4) is 0 Å². The molecule has 0 bridgehead atoms. The second kappa shape index (κ2) is 8.31. The largest absolute Gasteiger partial charge is 0.453 e. The van der Waals surface area contributed by atoms with Gasteiger partial charge in [-0.3, -0.25) is 19.7 Å². The summed E-state index contributed by atoms with van der Waals surface area (Å²) in [6.07, 6.45) is 4.21. The van der Waals surface area contributed by atoms with E-state index in [0.29, 0.717) is 29.4 Å². The minimum atomic E-state index is -1.07. The normalized spacial score (nSPS) is 20.0. The van der Waals surface area contributed by atoms with Gasteiger partial charge >= 0.3 is 0 Å². The maximum Gasteiger partial charge on any atom is 0.241 e. The Labute approximate surface area is 178 Å². The van der Waals surface area contributed by atoms with E-state index >= 15 is 0 Å². The van der Waals surface area contributed by atoms with Crippen LogP contribution in [0.2, 0.25) is 0 Å². The average molecular weight is 420 g/mol. The van der Waals surface area contributed by atoms with E-state index in [0.717, 1.165) is 11.1 Å². The highest BCUT2D eigenvalue weighted by Gasteiger charge is 2.38. The lowest BCUT2D eigenvalue weighted by Crippen LogP contribution is -2.39. The van der Waals surface area contributed by atoms with Crippen molar-refractivity contribution in [1.29, 1.82) is 0 Å². The van der Waals surface area contributed by atoms with E-state index in [1.807, 2.05) is 36.4 Å². The summed E-state index contributed by atoms with van der Waals surface area (Å²) in [7, 11) is 0. The van der Waals surface area contributed by atoms with Crippen molar-refractivity contribution in [3.05, 3.63) is 66.7 Å². The van der Waals surface area contributed by atoms with Gasteiger partial charge in [0.1, 0.15) is 11.9 Å². The zero-order valence-corrected chi connectivity index (χ0v) is 16.7. The third kappa shape index (κ3) is 4.06. The first-order valence-corrected chi connectivity index (χ1v) is 10.1. The van der Waals surface area contributed by atoms with Crippen LogP contribution in [0.25, 0.3) is 11.1 Å². The van der Waals surface area contributed by atoms with Crippen molar-refractivity contribution in [2.75, 3.05) is 18.7 Å². The van der Waals surface area contributed by atoms with E-state index < -0.39 is 12.2 Å². The fourth-order valence-corrected chi connectivity index (χ4v) is 4.00. The fourth-order valence-electron chi connectivity index (χ4n) is 4.00. The lowest BCUT2D eigenvalue weighted by molar-refractivity contribution is -0.120. The number of hydrogen-bond acceptors (Lipinski definition) is 6. The molecule has 1 N–H and O–H groups in total. The SMILES string of the molecule is O=C(Nc1ccc(-c2cccnc2)cc1)[C@H]1C[C@H](F)CN1Cc1nccc2c1OCO2.